The number of aliphatic carboxylic acids is 1. The molecule has 1 aromatic rings. The number of nitrogens with one attached hydrogen (secondary N) is 1. The Balaban J connectivity index is 1.58. The molecule has 0 radical (unpaired) electrons. The highest BCUT2D eigenvalue weighted by atomic mass is 32.1. The van der Waals surface area contributed by atoms with E-state index in [0.717, 1.165) is 37.8 Å². The van der Waals surface area contributed by atoms with E-state index in [0.29, 0.717) is 11.0 Å². The van der Waals surface area contributed by atoms with Gasteiger partial charge in [-0.2, -0.15) is 0 Å². The first-order valence-corrected chi connectivity index (χ1v) is 10.4. The fourth-order valence-electron chi connectivity index (χ4n) is 5.39. The van der Waals surface area contributed by atoms with E-state index in [9.17, 15) is 14.7 Å². The van der Waals surface area contributed by atoms with Crippen LogP contribution in [0.5, 0.6) is 0 Å². The molecule has 0 aromatic carbocycles. The summed E-state index contributed by atoms with van der Waals surface area (Å²) in [7, 11) is 0. The largest absolute Gasteiger partial charge is 0.481 e. The molecular formula is C20H26N2O3S. The zero-order valence-electron chi connectivity index (χ0n) is 15.5. The van der Waals surface area contributed by atoms with Gasteiger partial charge < -0.3 is 10.4 Å². The topological polar surface area (TPSA) is 79.3 Å². The van der Waals surface area contributed by atoms with Gasteiger partial charge in [0.25, 0.3) is 0 Å². The molecule has 6 heteroatoms. The minimum absolute atomic E-state index is 0.0172. The summed E-state index contributed by atoms with van der Waals surface area (Å²) in [6.45, 7) is 6.32. The van der Waals surface area contributed by atoms with Crippen LogP contribution in [0.4, 0.5) is 5.13 Å². The summed E-state index contributed by atoms with van der Waals surface area (Å²) in [5.41, 5.74) is 3.50. The fraction of sp³-hybridized carbons (Fsp3) is 0.650. The lowest BCUT2D eigenvalue weighted by Crippen LogP contribution is -2.37. The highest BCUT2D eigenvalue weighted by Gasteiger charge is 2.57. The molecule has 5 nitrogen and oxygen atoms in total. The summed E-state index contributed by atoms with van der Waals surface area (Å²) in [6, 6.07) is 0. The molecule has 1 aromatic heterocycles. The van der Waals surface area contributed by atoms with Gasteiger partial charge in [-0.15, -0.1) is 11.3 Å². The Hall–Kier alpha value is -1.69. The van der Waals surface area contributed by atoms with Crippen molar-refractivity contribution in [3.63, 3.8) is 0 Å². The number of carboxylic acid groups (broad SMARTS) is 1. The molecule has 0 saturated heterocycles. The van der Waals surface area contributed by atoms with Crippen LogP contribution in [-0.2, 0) is 22.4 Å². The molecular weight excluding hydrogens is 348 g/mol. The fourth-order valence-corrected chi connectivity index (χ4v) is 6.56. The van der Waals surface area contributed by atoms with Gasteiger partial charge in [0.1, 0.15) is 0 Å². The maximum absolute atomic E-state index is 13.0. The number of hydrogen-bond acceptors (Lipinski definition) is 4. The van der Waals surface area contributed by atoms with Crippen LogP contribution in [0.15, 0.2) is 11.1 Å². The maximum Gasteiger partial charge on any atom is 0.307 e. The Morgan fingerprint density at radius 2 is 1.85 bits per heavy atom. The molecule has 0 aliphatic heterocycles. The van der Waals surface area contributed by atoms with Gasteiger partial charge in [-0.3, -0.25) is 9.59 Å². The quantitative estimate of drug-likeness (QED) is 0.787. The number of carbonyl (C=O) groups excluding carboxylic acids is 1. The van der Waals surface area contributed by atoms with Crippen LogP contribution in [-0.4, -0.2) is 22.0 Å². The second-order valence-electron chi connectivity index (χ2n) is 8.36. The Labute approximate surface area is 157 Å². The monoisotopic (exact) mass is 374 g/mol. The number of carbonyl (C=O) groups is 2. The Morgan fingerprint density at radius 1 is 1.15 bits per heavy atom. The minimum Gasteiger partial charge on any atom is -0.481 e. The number of aryl methyl sites for hydroxylation is 1. The SMILES string of the molecule is CC(C)=C1[C@@H]2CC[C@@H]1[C@@H](C(=O)Nc1nc3c(s1)C[C@@H](C)CC3)[C@@H]2C(=O)O. The molecule has 0 spiro atoms. The lowest BCUT2D eigenvalue weighted by Gasteiger charge is -2.25. The van der Waals surface area contributed by atoms with Crippen LogP contribution < -0.4 is 5.32 Å². The van der Waals surface area contributed by atoms with Gasteiger partial charge in [0, 0.05) is 4.88 Å². The zero-order valence-corrected chi connectivity index (χ0v) is 16.4. The van der Waals surface area contributed by atoms with Crippen LogP contribution >= 0.6 is 11.3 Å². The molecule has 140 valence electrons. The van der Waals surface area contributed by atoms with Crippen LogP contribution in [0.2, 0.25) is 0 Å². The van der Waals surface area contributed by atoms with Gasteiger partial charge >= 0.3 is 5.97 Å². The molecule has 4 rings (SSSR count). The van der Waals surface area contributed by atoms with E-state index < -0.39 is 17.8 Å². The van der Waals surface area contributed by atoms with Crippen LogP contribution in [0.25, 0.3) is 0 Å². The van der Waals surface area contributed by atoms with Crippen LogP contribution in [0.3, 0.4) is 0 Å². The van der Waals surface area contributed by atoms with Crippen LogP contribution in [0.1, 0.15) is 50.6 Å². The number of fused-ring (bicyclic) bond motifs is 3. The van der Waals surface area contributed by atoms with E-state index in [1.54, 1.807) is 11.3 Å². The molecule has 2 saturated carbocycles. The van der Waals surface area contributed by atoms with E-state index in [1.165, 1.54) is 16.0 Å². The molecule has 3 aliphatic carbocycles. The number of anilines is 1. The van der Waals surface area contributed by atoms with Crippen molar-refractivity contribution in [2.45, 2.75) is 52.9 Å². The number of amides is 1. The van der Waals surface area contributed by atoms with Gasteiger partial charge in [0.2, 0.25) is 5.91 Å². The number of nitrogens with zero attached hydrogens (tertiary/aromatic N) is 1. The molecule has 2 fully saturated rings. The third-order valence-electron chi connectivity index (χ3n) is 6.42. The Kier molecular flexibility index (Phi) is 4.41. The van der Waals surface area contributed by atoms with E-state index in [1.807, 2.05) is 13.8 Å². The number of hydrogen-bond donors (Lipinski definition) is 2. The summed E-state index contributed by atoms with van der Waals surface area (Å²) < 4.78 is 0. The molecule has 1 heterocycles. The summed E-state index contributed by atoms with van der Waals surface area (Å²) >= 11 is 1.56. The second-order valence-corrected chi connectivity index (χ2v) is 9.45. The standard InChI is InChI=1S/C20H26N2O3S/c1-9(2)15-11-5-6-12(15)17(19(24)25)16(11)18(23)22-20-21-13-7-4-10(3)8-14(13)26-20/h10-12,16-17H,4-8H2,1-3H3,(H,24,25)(H,21,22,23)/t10-,11-,12-,16+,17+/m0/s1. The molecule has 0 unspecified atom stereocenters. The molecule has 2 bridgehead atoms. The maximum atomic E-state index is 13.0. The van der Waals surface area contributed by atoms with E-state index >= 15 is 0 Å². The van der Waals surface area contributed by atoms with Crippen molar-refractivity contribution in [1.82, 2.24) is 4.98 Å². The third-order valence-corrected chi connectivity index (χ3v) is 7.46. The predicted octanol–water partition coefficient (Wildman–Crippen LogP) is 3.90. The van der Waals surface area contributed by atoms with Gasteiger partial charge in [0.15, 0.2) is 5.13 Å². The first-order chi connectivity index (χ1) is 12.4. The van der Waals surface area contributed by atoms with E-state index in [-0.39, 0.29) is 17.7 Å². The zero-order chi connectivity index (χ0) is 18.6. The molecule has 26 heavy (non-hydrogen) atoms. The van der Waals surface area contributed by atoms with E-state index in [2.05, 4.69) is 17.2 Å². The number of carboxylic acids is 1. The molecule has 5 atom stereocenters. The molecule has 3 aliphatic rings. The van der Waals surface area contributed by atoms with Crippen molar-refractivity contribution in [2.24, 2.45) is 29.6 Å². The van der Waals surface area contributed by atoms with Crippen molar-refractivity contribution in [2.75, 3.05) is 5.32 Å². The minimum atomic E-state index is -0.844. The summed E-state index contributed by atoms with van der Waals surface area (Å²) in [5, 5.41) is 13.4. The smallest absolute Gasteiger partial charge is 0.307 e. The van der Waals surface area contributed by atoms with Gasteiger partial charge in [0.05, 0.1) is 17.5 Å². The van der Waals surface area contributed by atoms with Gasteiger partial charge in [-0.1, -0.05) is 18.1 Å². The first kappa shape index (κ1) is 17.7. The first-order valence-electron chi connectivity index (χ1n) is 9.56. The summed E-state index contributed by atoms with van der Waals surface area (Å²) in [4.78, 5) is 30.8. The van der Waals surface area contributed by atoms with Crippen molar-refractivity contribution < 1.29 is 14.7 Å². The van der Waals surface area contributed by atoms with Crippen LogP contribution in [0, 0.1) is 29.6 Å². The van der Waals surface area contributed by atoms with E-state index in [4.69, 9.17) is 0 Å². The highest BCUT2D eigenvalue weighted by molar-refractivity contribution is 7.15. The van der Waals surface area contributed by atoms with Crippen molar-refractivity contribution in [3.8, 4) is 0 Å². The third kappa shape index (κ3) is 2.79. The van der Waals surface area contributed by atoms with Gasteiger partial charge in [-0.25, -0.2) is 4.98 Å². The lowest BCUT2D eigenvalue weighted by atomic mass is 9.79. The molecule has 1 amide bonds. The number of thiazole rings is 1. The second kappa shape index (κ2) is 6.48. The Morgan fingerprint density at radius 3 is 2.50 bits per heavy atom. The highest BCUT2D eigenvalue weighted by Crippen LogP contribution is 2.57. The summed E-state index contributed by atoms with van der Waals surface area (Å²) in [6.07, 6.45) is 4.93. The Bertz CT molecular complexity index is 793. The van der Waals surface area contributed by atoms with Gasteiger partial charge in [-0.05, 0) is 63.7 Å². The average molecular weight is 375 g/mol. The lowest BCUT2D eigenvalue weighted by molar-refractivity contribution is -0.148. The molecule has 2 N–H and O–H groups in total. The van der Waals surface area contributed by atoms with Crippen molar-refractivity contribution >= 4 is 28.3 Å². The number of aromatic nitrogens is 1. The normalized spacial score (nSPS) is 32.4. The summed E-state index contributed by atoms with van der Waals surface area (Å²) in [5.74, 6) is -1.34. The number of rotatable bonds is 3. The van der Waals surface area contributed by atoms with Crippen molar-refractivity contribution in [1.29, 1.82) is 0 Å². The predicted molar refractivity (Wildman–Crippen MR) is 101 cm³/mol. The average Bonchev–Trinajstić information content (AvgIpc) is 3.23. The van der Waals surface area contributed by atoms with Crippen molar-refractivity contribution in [3.05, 3.63) is 21.7 Å². The number of allylic oxidation sites excluding steroid dienone is 2.